The molecule has 1 unspecified atom stereocenters. The van der Waals surface area contributed by atoms with Crippen molar-refractivity contribution in [3.05, 3.63) is 11.7 Å². The molecule has 3 rings (SSSR count). The number of aryl methyl sites for hydroxylation is 1. The standard InChI is InChI=1S/C12H20N4O/c1-10-13-12(14-17-10)4-6-15-7-8-16-5-2-3-11(16)9-15/h11H,2-9H2,1H3. The molecule has 2 aliphatic heterocycles. The molecule has 0 saturated carbocycles. The molecule has 1 aromatic heterocycles. The maximum Gasteiger partial charge on any atom is 0.223 e. The molecule has 0 radical (unpaired) electrons. The molecule has 0 N–H and O–H groups in total. The number of nitrogens with zero attached hydrogens (tertiary/aromatic N) is 4. The van der Waals surface area contributed by atoms with Crippen LogP contribution in [-0.2, 0) is 6.42 Å². The molecule has 2 fully saturated rings. The van der Waals surface area contributed by atoms with Crippen molar-refractivity contribution in [2.75, 3.05) is 32.7 Å². The van der Waals surface area contributed by atoms with Crippen LogP contribution in [-0.4, -0.2) is 58.7 Å². The van der Waals surface area contributed by atoms with Crippen molar-refractivity contribution in [1.29, 1.82) is 0 Å². The first-order valence-corrected chi connectivity index (χ1v) is 6.57. The fourth-order valence-corrected chi connectivity index (χ4v) is 2.96. The summed E-state index contributed by atoms with van der Waals surface area (Å²) in [6.07, 6.45) is 3.66. The van der Waals surface area contributed by atoms with E-state index in [4.69, 9.17) is 4.52 Å². The van der Waals surface area contributed by atoms with Gasteiger partial charge in [-0.1, -0.05) is 5.16 Å². The van der Waals surface area contributed by atoms with Crippen LogP contribution in [0, 0.1) is 6.92 Å². The maximum absolute atomic E-state index is 4.99. The highest BCUT2D eigenvalue weighted by Crippen LogP contribution is 2.21. The van der Waals surface area contributed by atoms with Gasteiger partial charge in [0.25, 0.3) is 0 Å². The zero-order valence-corrected chi connectivity index (χ0v) is 10.4. The van der Waals surface area contributed by atoms with E-state index in [0.717, 1.165) is 24.8 Å². The van der Waals surface area contributed by atoms with E-state index in [1.807, 2.05) is 6.92 Å². The third kappa shape index (κ3) is 2.50. The predicted molar refractivity (Wildman–Crippen MR) is 63.8 cm³/mol. The van der Waals surface area contributed by atoms with Gasteiger partial charge in [0.1, 0.15) is 0 Å². The smallest absolute Gasteiger partial charge is 0.223 e. The zero-order chi connectivity index (χ0) is 11.7. The minimum atomic E-state index is 0.667. The van der Waals surface area contributed by atoms with E-state index < -0.39 is 0 Å². The predicted octanol–water partition coefficient (Wildman–Crippen LogP) is 0.701. The molecule has 0 bridgehead atoms. The lowest BCUT2D eigenvalue weighted by Crippen LogP contribution is -2.50. The van der Waals surface area contributed by atoms with E-state index in [-0.39, 0.29) is 0 Å². The average molecular weight is 236 g/mol. The van der Waals surface area contributed by atoms with Crippen molar-refractivity contribution in [3.8, 4) is 0 Å². The molecule has 0 aromatic carbocycles. The Balaban J connectivity index is 1.49. The van der Waals surface area contributed by atoms with Gasteiger partial charge in [-0.15, -0.1) is 0 Å². The molecule has 2 saturated heterocycles. The number of fused-ring (bicyclic) bond motifs is 1. The Morgan fingerprint density at radius 2 is 2.29 bits per heavy atom. The van der Waals surface area contributed by atoms with Gasteiger partial charge in [-0.05, 0) is 19.4 Å². The van der Waals surface area contributed by atoms with Crippen LogP contribution in [0.15, 0.2) is 4.52 Å². The highest BCUT2D eigenvalue weighted by Gasteiger charge is 2.30. The van der Waals surface area contributed by atoms with Crippen molar-refractivity contribution in [1.82, 2.24) is 19.9 Å². The third-order valence-electron chi connectivity index (χ3n) is 3.89. The lowest BCUT2D eigenvalue weighted by atomic mass is 10.1. The summed E-state index contributed by atoms with van der Waals surface area (Å²) < 4.78 is 4.99. The van der Waals surface area contributed by atoms with E-state index in [1.54, 1.807) is 0 Å². The van der Waals surface area contributed by atoms with Crippen molar-refractivity contribution >= 4 is 0 Å². The summed E-state index contributed by atoms with van der Waals surface area (Å²) in [4.78, 5) is 9.42. The second-order valence-electron chi connectivity index (χ2n) is 5.11. The first-order valence-electron chi connectivity index (χ1n) is 6.57. The molecule has 0 amide bonds. The van der Waals surface area contributed by atoms with Gasteiger partial charge in [-0.3, -0.25) is 4.90 Å². The van der Waals surface area contributed by atoms with Crippen LogP contribution < -0.4 is 0 Å². The molecule has 5 heteroatoms. The summed E-state index contributed by atoms with van der Waals surface area (Å²) in [6.45, 7) is 7.85. The first kappa shape index (κ1) is 11.2. The molecular weight excluding hydrogens is 216 g/mol. The van der Waals surface area contributed by atoms with Crippen LogP contribution in [0.4, 0.5) is 0 Å². The molecule has 0 spiro atoms. The zero-order valence-electron chi connectivity index (χ0n) is 10.4. The number of hydrogen-bond donors (Lipinski definition) is 0. The Hall–Kier alpha value is -0.940. The Kier molecular flexibility index (Phi) is 3.11. The van der Waals surface area contributed by atoms with Gasteiger partial charge in [0.15, 0.2) is 5.82 Å². The molecule has 1 atom stereocenters. The van der Waals surface area contributed by atoms with Crippen LogP contribution in [0.3, 0.4) is 0 Å². The minimum Gasteiger partial charge on any atom is -0.340 e. The molecule has 3 heterocycles. The van der Waals surface area contributed by atoms with Crippen LogP contribution in [0.1, 0.15) is 24.6 Å². The lowest BCUT2D eigenvalue weighted by molar-refractivity contribution is 0.105. The summed E-state index contributed by atoms with van der Waals surface area (Å²) in [5.74, 6) is 1.51. The maximum atomic E-state index is 4.99. The normalized spacial score (nSPS) is 26.3. The summed E-state index contributed by atoms with van der Waals surface area (Å²) >= 11 is 0. The van der Waals surface area contributed by atoms with E-state index in [1.165, 1.54) is 39.0 Å². The van der Waals surface area contributed by atoms with Crippen molar-refractivity contribution < 1.29 is 4.52 Å². The van der Waals surface area contributed by atoms with Crippen LogP contribution in [0.2, 0.25) is 0 Å². The molecule has 94 valence electrons. The average Bonchev–Trinajstić information content (AvgIpc) is 2.94. The van der Waals surface area contributed by atoms with Crippen LogP contribution in [0.5, 0.6) is 0 Å². The first-order chi connectivity index (χ1) is 8.31. The summed E-state index contributed by atoms with van der Waals surface area (Å²) in [6, 6.07) is 0.802. The SMILES string of the molecule is Cc1nc(CCN2CCN3CCCC3C2)no1. The molecular formula is C12H20N4O. The Bertz CT molecular complexity index is 378. The Labute approximate surface area is 102 Å². The topological polar surface area (TPSA) is 45.4 Å². The van der Waals surface area contributed by atoms with Crippen LogP contribution in [0.25, 0.3) is 0 Å². The lowest BCUT2D eigenvalue weighted by Gasteiger charge is -2.37. The summed E-state index contributed by atoms with van der Waals surface area (Å²) in [5, 5.41) is 3.94. The number of piperazine rings is 1. The summed E-state index contributed by atoms with van der Waals surface area (Å²) in [5.41, 5.74) is 0. The molecule has 2 aliphatic rings. The van der Waals surface area contributed by atoms with Gasteiger partial charge >= 0.3 is 0 Å². The van der Waals surface area contributed by atoms with Gasteiger partial charge in [0.2, 0.25) is 5.89 Å². The van der Waals surface area contributed by atoms with Gasteiger partial charge < -0.3 is 9.42 Å². The second-order valence-corrected chi connectivity index (χ2v) is 5.11. The Morgan fingerprint density at radius 1 is 1.35 bits per heavy atom. The molecule has 1 aromatic rings. The van der Waals surface area contributed by atoms with Gasteiger partial charge in [-0.25, -0.2) is 0 Å². The fourth-order valence-electron chi connectivity index (χ4n) is 2.96. The molecule has 0 aliphatic carbocycles. The monoisotopic (exact) mass is 236 g/mol. The van der Waals surface area contributed by atoms with Gasteiger partial charge in [-0.2, -0.15) is 4.98 Å². The van der Waals surface area contributed by atoms with E-state index in [9.17, 15) is 0 Å². The molecule has 17 heavy (non-hydrogen) atoms. The number of hydrogen-bond acceptors (Lipinski definition) is 5. The quantitative estimate of drug-likeness (QED) is 0.773. The number of aromatic nitrogens is 2. The van der Waals surface area contributed by atoms with Crippen molar-refractivity contribution in [3.63, 3.8) is 0 Å². The van der Waals surface area contributed by atoms with Gasteiger partial charge in [0.05, 0.1) is 0 Å². The molecule has 5 nitrogen and oxygen atoms in total. The highest BCUT2D eigenvalue weighted by atomic mass is 16.5. The van der Waals surface area contributed by atoms with E-state index >= 15 is 0 Å². The Morgan fingerprint density at radius 3 is 3.12 bits per heavy atom. The van der Waals surface area contributed by atoms with Crippen molar-refractivity contribution in [2.45, 2.75) is 32.2 Å². The largest absolute Gasteiger partial charge is 0.340 e. The van der Waals surface area contributed by atoms with E-state index in [2.05, 4.69) is 19.9 Å². The fraction of sp³-hybridized carbons (Fsp3) is 0.833. The van der Waals surface area contributed by atoms with Crippen LogP contribution >= 0.6 is 0 Å². The highest BCUT2D eigenvalue weighted by molar-refractivity contribution is 4.89. The van der Waals surface area contributed by atoms with E-state index in [0.29, 0.717) is 5.89 Å². The second kappa shape index (κ2) is 4.74. The number of rotatable bonds is 3. The third-order valence-corrected chi connectivity index (χ3v) is 3.89. The van der Waals surface area contributed by atoms with Crippen molar-refractivity contribution in [2.24, 2.45) is 0 Å². The minimum absolute atomic E-state index is 0.667. The summed E-state index contributed by atoms with van der Waals surface area (Å²) in [7, 11) is 0. The van der Waals surface area contributed by atoms with Gasteiger partial charge in [0, 0.05) is 45.6 Å².